The van der Waals surface area contributed by atoms with Crippen LogP contribution in [0.15, 0.2) is 48.0 Å². The van der Waals surface area contributed by atoms with Crippen molar-refractivity contribution in [3.8, 4) is 5.75 Å². The number of hydrogen-bond donors (Lipinski definition) is 1. The summed E-state index contributed by atoms with van der Waals surface area (Å²) in [5.74, 6) is -2.38. The maximum absolute atomic E-state index is 15.5. The molecule has 2 amide bonds. The molecule has 0 saturated carbocycles. The number of carbonyl (C=O) groups is 2. The largest absolute Gasteiger partial charge is 0.474 e. The van der Waals surface area contributed by atoms with Crippen molar-refractivity contribution in [1.29, 1.82) is 0 Å². The minimum atomic E-state index is -4.92. The number of unbranched alkanes of at least 4 members (excludes halogenated alkanes) is 1. The van der Waals surface area contributed by atoms with Gasteiger partial charge in [0.05, 0.1) is 17.7 Å². The Bertz CT molecular complexity index is 1780. The predicted molar refractivity (Wildman–Crippen MR) is 182 cm³/mol. The van der Waals surface area contributed by atoms with Gasteiger partial charge >= 0.3 is 12.4 Å². The molecule has 2 saturated heterocycles. The molecular formula is C37H41F7N4O4S. The van der Waals surface area contributed by atoms with Crippen LogP contribution < -0.4 is 4.74 Å². The van der Waals surface area contributed by atoms with E-state index < -0.39 is 69.9 Å². The Kier molecular flexibility index (Phi) is 11.4. The number of halogens is 7. The Hall–Kier alpha value is -3.76. The zero-order chi connectivity index (χ0) is 38.1. The summed E-state index contributed by atoms with van der Waals surface area (Å²) in [4.78, 5) is 37.4. The smallest absolute Gasteiger partial charge is 0.425 e. The molecule has 1 aromatic carbocycles. The number of nitrogens with zero attached hydrogens (tertiary/aromatic N) is 4. The fourth-order valence-electron chi connectivity index (χ4n) is 7.86. The summed E-state index contributed by atoms with van der Waals surface area (Å²) in [6, 6.07) is 5.13. The van der Waals surface area contributed by atoms with Crippen LogP contribution in [0.3, 0.4) is 0 Å². The van der Waals surface area contributed by atoms with E-state index in [1.807, 2.05) is 6.92 Å². The van der Waals surface area contributed by atoms with E-state index >= 15 is 4.79 Å². The third-order valence-corrected chi connectivity index (χ3v) is 11.4. The van der Waals surface area contributed by atoms with Crippen LogP contribution in [0.5, 0.6) is 5.75 Å². The normalized spacial score (nSPS) is 23.2. The van der Waals surface area contributed by atoms with Gasteiger partial charge in [0.25, 0.3) is 11.8 Å². The monoisotopic (exact) mass is 770 g/mol. The first kappa shape index (κ1) is 38.9. The summed E-state index contributed by atoms with van der Waals surface area (Å²) < 4.78 is 105. The van der Waals surface area contributed by atoms with Gasteiger partial charge in [-0.2, -0.15) is 26.3 Å². The molecule has 3 aromatic rings. The van der Waals surface area contributed by atoms with Gasteiger partial charge < -0.3 is 24.5 Å². The van der Waals surface area contributed by atoms with E-state index in [9.17, 15) is 40.6 Å². The zero-order valence-electron chi connectivity index (χ0n) is 29.1. The number of piperidine rings is 2. The topological polar surface area (TPSA) is 86.2 Å². The second-order valence-corrected chi connectivity index (χ2v) is 14.9. The van der Waals surface area contributed by atoms with Crippen LogP contribution in [0.4, 0.5) is 30.7 Å². The molecule has 288 valence electrons. The van der Waals surface area contributed by atoms with Crippen LogP contribution >= 0.6 is 11.3 Å². The van der Waals surface area contributed by atoms with E-state index in [0.717, 1.165) is 29.8 Å². The standard InChI is InChI=1S/C37H41F7N4O4S/c1-2-3-7-30-35(52-28-19-31(53-22-28)37(42,43)44,12-5-14-47(30)33(50)32-29(36(39,40)41)6-4-13-45-32)34(51)48-20-23-8-9-25(38)17-24(23)18-26(48)21-46-15-10-27(49)11-16-46/h4,6,8-9,13,17,19,22,26-27,30,49H,2-3,5,7,10-12,14-16,18,20-21H2,1H3/t26-,30+,35-/m0/s1. The van der Waals surface area contributed by atoms with Gasteiger partial charge in [-0.15, -0.1) is 11.3 Å². The molecule has 3 aliphatic heterocycles. The number of fused-ring (bicyclic) bond motifs is 1. The van der Waals surface area contributed by atoms with Crippen molar-refractivity contribution < 1.29 is 50.2 Å². The summed E-state index contributed by atoms with van der Waals surface area (Å²) in [5, 5.41) is 11.3. The molecule has 2 fully saturated rings. The maximum atomic E-state index is 15.5. The summed E-state index contributed by atoms with van der Waals surface area (Å²) in [6.07, 6.45) is -6.58. The third kappa shape index (κ3) is 8.34. The number of pyridine rings is 1. The SMILES string of the molecule is CCCC[C@H]1N(C(=O)c2ncccc2C(F)(F)F)CCC[C@@]1(Oc1csc(C(F)(F)F)c1)C(=O)N1Cc2ccc(F)cc2C[C@H]1CN1CCC(O)CC1. The Morgan fingerprint density at radius 3 is 2.45 bits per heavy atom. The van der Waals surface area contributed by atoms with Gasteiger partial charge in [-0.05, 0) is 67.5 Å². The highest BCUT2D eigenvalue weighted by Crippen LogP contribution is 2.44. The van der Waals surface area contributed by atoms with Gasteiger partial charge in [-0.3, -0.25) is 14.6 Å². The molecule has 1 N–H and O–H groups in total. The number of aliphatic hydroxyl groups is 1. The Morgan fingerprint density at radius 2 is 1.77 bits per heavy atom. The highest BCUT2D eigenvalue weighted by molar-refractivity contribution is 7.10. The average Bonchev–Trinajstić information content (AvgIpc) is 3.60. The minimum absolute atomic E-state index is 0.00499. The van der Waals surface area contributed by atoms with E-state index in [1.165, 1.54) is 17.0 Å². The van der Waals surface area contributed by atoms with Crippen LogP contribution in [0.1, 0.15) is 83.9 Å². The van der Waals surface area contributed by atoms with Crippen molar-refractivity contribution in [3.05, 3.63) is 81.1 Å². The second-order valence-electron chi connectivity index (χ2n) is 14.0. The Labute approximate surface area is 306 Å². The third-order valence-electron chi connectivity index (χ3n) is 10.5. The molecule has 0 radical (unpaired) electrons. The van der Waals surface area contributed by atoms with E-state index in [2.05, 4.69) is 9.88 Å². The highest BCUT2D eigenvalue weighted by Gasteiger charge is 2.57. The van der Waals surface area contributed by atoms with Crippen molar-refractivity contribution in [1.82, 2.24) is 19.7 Å². The van der Waals surface area contributed by atoms with Crippen molar-refractivity contribution in [2.24, 2.45) is 0 Å². The second kappa shape index (κ2) is 15.5. The molecule has 53 heavy (non-hydrogen) atoms. The van der Waals surface area contributed by atoms with Crippen LogP contribution in [0, 0.1) is 5.82 Å². The van der Waals surface area contributed by atoms with Gasteiger partial charge in [0.15, 0.2) is 0 Å². The fraction of sp³-hybridized carbons (Fsp3) is 0.541. The van der Waals surface area contributed by atoms with Crippen molar-refractivity contribution in [2.45, 2.75) is 101 Å². The Balaban J connectivity index is 1.46. The number of amides is 2. The van der Waals surface area contributed by atoms with Gasteiger partial charge in [0.1, 0.15) is 22.1 Å². The quantitative estimate of drug-likeness (QED) is 0.230. The Morgan fingerprint density at radius 1 is 1.02 bits per heavy atom. The van der Waals surface area contributed by atoms with Gasteiger partial charge in [-0.25, -0.2) is 4.39 Å². The number of hydrogen-bond acceptors (Lipinski definition) is 7. The van der Waals surface area contributed by atoms with E-state index in [0.29, 0.717) is 67.8 Å². The molecule has 6 rings (SSSR count). The van der Waals surface area contributed by atoms with Crippen LogP contribution in [0.25, 0.3) is 0 Å². The molecular weight excluding hydrogens is 729 g/mol. The molecule has 0 unspecified atom stereocenters. The first-order valence-corrected chi connectivity index (χ1v) is 18.7. The molecule has 3 atom stereocenters. The van der Waals surface area contributed by atoms with Gasteiger partial charge in [0, 0.05) is 62.8 Å². The summed E-state index contributed by atoms with van der Waals surface area (Å²) >= 11 is 0.382. The first-order chi connectivity index (χ1) is 25.1. The average molecular weight is 771 g/mol. The van der Waals surface area contributed by atoms with Crippen LogP contribution in [0.2, 0.25) is 0 Å². The summed E-state index contributed by atoms with van der Waals surface area (Å²) in [5.41, 5.74) is -2.75. The maximum Gasteiger partial charge on any atom is 0.425 e. The molecule has 2 aromatic heterocycles. The lowest BCUT2D eigenvalue weighted by atomic mass is 9.78. The predicted octanol–water partition coefficient (Wildman–Crippen LogP) is 7.34. The van der Waals surface area contributed by atoms with Gasteiger partial charge in [0.2, 0.25) is 5.60 Å². The number of ether oxygens (including phenoxy) is 1. The lowest BCUT2D eigenvalue weighted by Gasteiger charge is -2.52. The molecule has 3 aliphatic rings. The lowest BCUT2D eigenvalue weighted by molar-refractivity contribution is -0.163. The number of rotatable bonds is 9. The van der Waals surface area contributed by atoms with E-state index in [4.69, 9.17) is 4.74 Å². The lowest BCUT2D eigenvalue weighted by Crippen LogP contribution is -2.69. The van der Waals surface area contributed by atoms with Crippen LogP contribution in [-0.2, 0) is 30.1 Å². The van der Waals surface area contributed by atoms with E-state index in [-0.39, 0.29) is 44.5 Å². The van der Waals surface area contributed by atoms with Gasteiger partial charge in [-0.1, -0.05) is 25.8 Å². The van der Waals surface area contributed by atoms with E-state index in [1.54, 1.807) is 11.0 Å². The molecule has 0 bridgehead atoms. The molecule has 8 nitrogen and oxygen atoms in total. The number of carbonyl (C=O) groups excluding carboxylic acids is 2. The minimum Gasteiger partial charge on any atom is -0.474 e. The zero-order valence-corrected chi connectivity index (χ0v) is 29.9. The number of aliphatic hydroxyl groups excluding tert-OH is 1. The number of likely N-dealkylation sites (tertiary alicyclic amines) is 2. The molecule has 0 spiro atoms. The van der Waals surface area contributed by atoms with Crippen LogP contribution in [-0.4, -0.2) is 86.6 Å². The first-order valence-electron chi connectivity index (χ1n) is 17.8. The number of benzene rings is 1. The van der Waals surface area contributed by atoms with Crippen molar-refractivity contribution in [3.63, 3.8) is 0 Å². The molecule has 5 heterocycles. The number of thiophene rings is 1. The fourth-order valence-corrected chi connectivity index (χ4v) is 8.54. The van der Waals surface area contributed by atoms with Crippen molar-refractivity contribution >= 4 is 23.2 Å². The van der Waals surface area contributed by atoms with Crippen molar-refractivity contribution in [2.75, 3.05) is 26.2 Å². The summed E-state index contributed by atoms with van der Waals surface area (Å²) in [7, 11) is 0. The molecule has 16 heteroatoms. The highest BCUT2D eigenvalue weighted by atomic mass is 32.1. The molecule has 0 aliphatic carbocycles. The number of alkyl halides is 6. The number of aromatic nitrogens is 1. The summed E-state index contributed by atoms with van der Waals surface area (Å²) in [6.45, 7) is 3.25.